The van der Waals surface area contributed by atoms with Crippen molar-refractivity contribution in [2.24, 2.45) is 0 Å². The summed E-state index contributed by atoms with van der Waals surface area (Å²) in [5, 5.41) is 11.8. The largest absolute Gasteiger partial charge is 0.496 e. The number of carbonyl (C=O) groups is 2. The van der Waals surface area contributed by atoms with Crippen LogP contribution in [0.25, 0.3) is 0 Å². The van der Waals surface area contributed by atoms with Gasteiger partial charge in [0.2, 0.25) is 0 Å². The van der Waals surface area contributed by atoms with Crippen molar-refractivity contribution in [2.75, 3.05) is 27.3 Å². The highest BCUT2D eigenvalue weighted by molar-refractivity contribution is 6.32. The van der Waals surface area contributed by atoms with Gasteiger partial charge in [0.15, 0.2) is 5.75 Å². The predicted octanol–water partition coefficient (Wildman–Crippen LogP) is 2.53. The fraction of sp³-hybridized carbons (Fsp3) is 0.263. The third-order valence-corrected chi connectivity index (χ3v) is 4.63. The monoisotopic (exact) mass is 400 g/mol. The SMILES string of the molecule is COc1ccc(Cl)c(OC)c1C(=O)N1CCCN1C(=O)c1ccc(C#N)nc1. The standard InChI is InChI=1S/C19H17ClN4O4/c1-27-15-7-6-14(20)17(28-2)16(15)19(26)24-9-3-8-23(24)18(25)12-4-5-13(10-21)22-11-12/h4-7,11H,3,8-9H2,1-2H3. The molecule has 1 aromatic heterocycles. The zero-order chi connectivity index (χ0) is 20.3. The minimum absolute atomic E-state index is 0.148. The lowest BCUT2D eigenvalue weighted by molar-refractivity contribution is 0.0182. The van der Waals surface area contributed by atoms with E-state index in [0.717, 1.165) is 0 Å². The second-order valence-corrected chi connectivity index (χ2v) is 6.32. The maximum Gasteiger partial charge on any atom is 0.280 e. The first-order chi connectivity index (χ1) is 13.5. The molecule has 0 unspecified atom stereocenters. The second-order valence-electron chi connectivity index (χ2n) is 5.91. The summed E-state index contributed by atoms with van der Waals surface area (Å²) in [6.45, 7) is 0.725. The van der Waals surface area contributed by atoms with E-state index in [1.54, 1.807) is 12.1 Å². The van der Waals surface area contributed by atoms with E-state index in [9.17, 15) is 9.59 Å². The molecule has 0 saturated carbocycles. The van der Waals surface area contributed by atoms with Crippen molar-refractivity contribution < 1.29 is 19.1 Å². The molecular formula is C19H17ClN4O4. The molecule has 0 aliphatic carbocycles. The van der Waals surface area contributed by atoms with Gasteiger partial charge in [-0.25, -0.2) is 15.0 Å². The number of carbonyl (C=O) groups excluding carboxylic acids is 2. The Morgan fingerprint density at radius 2 is 1.82 bits per heavy atom. The van der Waals surface area contributed by atoms with E-state index in [0.29, 0.717) is 25.3 Å². The highest BCUT2D eigenvalue weighted by Gasteiger charge is 2.35. The third kappa shape index (κ3) is 3.44. The zero-order valence-electron chi connectivity index (χ0n) is 15.3. The van der Waals surface area contributed by atoms with Crippen molar-refractivity contribution in [3.8, 4) is 17.6 Å². The first-order valence-corrected chi connectivity index (χ1v) is 8.80. The fourth-order valence-corrected chi connectivity index (χ4v) is 3.24. The van der Waals surface area contributed by atoms with E-state index in [2.05, 4.69) is 4.98 Å². The summed E-state index contributed by atoms with van der Waals surface area (Å²) in [6, 6.07) is 8.02. The van der Waals surface area contributed by atoms with Crippen LogP contribution in [0.1, 0.15) is 32.8 Å². The molecule has 0 bridgehead atoms. The molecule has 1 aliphatic rings. The van der Waals surface area contributed by atoms with Crippen LogP contribution in [0, 0.1) is 11.3 Å². The normalized spacial score (nSPS) is 13.2. The number of halogens is 1. The van der Waals surface area contributed by atoms with Gasteiger partial charge >= 0.3 is 0 Å². The molecule has 0 N–H and O–H groups in total. The number of ether oxygens (including phenoxy) is 2. The molecule has 28 heavy (non-hydrogen) atoms. The van der Waals surface area contributed by atoms with Gasteiger partial charge in [0.1, 0.15) is 23.1 Å². The van der Waals surface area contributed by atoms with Crippen LogP contribution in [0.4, 0.5) is 0 Å². The van der Waals surface area contributed by atoms with Crippen LogP contribution in [0.2, 0.25) is 5.02 Å². The topological polar surface area (TPSA) is 95.8 Å². The van der Waals surface area contributed by atoms with Crippen LogP contribution in [-0.4, -0.2) is 54.1 Å². The Labute approximate surface area is 166 Å². The summed E-state index contributed by atoms with van der Waals surface area (Å²) < 4.78 is 10.6. The highest BCUT2D eigenvalue weighted by Crippen LogP contribution is 2.37. The van der Waals surface area contributed by atoms with Crippen molar-refractivity contribution in [3.05, 3.63) is 52.3 Å². The Hall–Kier alpha value is -3.31. The van der Waals surface area contributed by atoms with Gasteiger partial charge in [-0.05, 0) is 30.7 Å². The van der Waals surface area contributed by atoms with E-state index in [-0.39, 0.29) is 33.5 Å². The molecule has 1 aliphatic heterocycles. The lowest BCUT2D eigenvalue weighted by Crippen LogP contribution is -2.45. The molecular weight excluding hydrogens is 384 g/mol. The van der Waals surface area contributed by atoms with E-state index >= 15 is 0 Å². The number of methoxy groups -OCH3 is 2. The van der Waals surface area contributed by atoms with Crippen molar-refractivity contribution >= 4 is 23.4 Å². The average Bonchev–Trinajstić information content (AvgIpc) is 3.22. The van der Waals surface area contributed by atoms with E-state index in [1.807, 2.05) is 6.07 Å². The van der Waals surface area contributed by atoms with Crippen molar-refractivity contribution in [2.45, 2.75) is 6.42 Å². The number of pyridine rings is 1. The summed E-state index contributed by atoms with van der Waals surface area (Å²) in [5.74, 6) is -0.359. The van der Waals surface area contributed by atoms with Gasteiger partial charge in [-0.15, -0.1) is 0 Å². The van der Waals surface area contributed by atoms with Gasteiger partial charge in [0.25, 0.3) is 11.8 Å². The highest BCUT2D eigenvalue weighted by atomic mass is 35.5. The molecule has 1 fully saturated rings. The molecule has 0 radical (unpaired) electrons. The number of hydrogen-bond donors (Lipinski definition) is 0. The molecule has 8 nitrogen and oxygen atoms in total. The predicted molar refractivity (Wildman–Crippen MR) is 100 cm³/mol. The Bertz CT molecular complexity index is 956. The fourth-order valence-electron chi connectivity index (χ4n) is 3.01. The number of rotatable bonds is 4. The maximum absolute atomic E-state index is 13.3. The second kappa shape index (κ2) is 8.15. The van der Waals surface area contributed by atoms with E-state index in [1.165, 1.54) is 42.6 Å². The summed E-state index contributed by atoms with van der Waals surface area (Å²) in [6.07, 6.45) is 1.94. The van der Waals surface area contributed by atoms with Crippen LogP contribution in [0.15, 0.2) is 30.5 Å². The van der Waals surface area contributed by atoms with Crippen LogP contribution < -0.4 is 9.47 Å². The molecule has 9 heteroatoms. The first-order valence-electron chi connectivity index (χ1n) is 8.42. The Kier molecular flexibility index (Phi) is 5.66. The molecule has 2 aromatic rings. The third-order valence-electron chi connectivity index (χ3n) is 4.33. The van der Waals surface area contributed by atoms with Crippen molar-refractivity contribution in [1.29, 1.82) is 5.26 Å². The average molecular weight is 401 g/mol. The summed E-state index contributed by atoms with van der Waals surface area (Å²) >= 11 is 6.17. The van der Waals surface area contributed by atoms with Gasteiger partial charge in [0, 0.05) is 19.3 Å². The molecule has 3 rings (SSSR count). The minimum Gasteiger partial charge on any atom is -0.496 e. The Morgan fingerprint density at radius 3 is 2.39 bits per heavy atom. The number of aromatic nitrogens is 1. The van der Waals surface area contributed by atoms with E-state index in [4.69, 9.17) is 26.3 Å². The number of nitriles is 1. The van der Waals surface area contributed by atoms with Gasteiger partial charge in [-0.1, -0.05) is 11.6 Å². The number of nitrogens with zero attached hydrogens (tertiary/aromatic N) is 4. The summed E-state index contributed by atoms with van der Waals surface area (Å²) in [4.78, 5) is 30.1. The Balaban J connectivity index is 1.95. The maximum atomic E-state index is 13.3. The molecule has 0 spiro atoms. The summed E-state index contributed by atoms with van der Waals surface area (Å²) in [5.41, 5.74) is 0.637. The molecule has 1 aromatic carbocycles. The molecule has 2 heterocycles. The number of hydrogen-bond acceptors (Lipinski definition) is 6. The lowest BCUT2D eigenvalue weighted by atomic mass is 10.1. The van der Waals surface area contributed by atoms with Gasteiger partial charge < -0.3 is 9.47 Å². The lowest BCUT2D eigenvalue weighted by Gasteiger charge is -2.29. The molecule has 144 valence electrons. The van der Waals surface area contributed by atoms with Crippen LogP contribution >= 0.6 is 11.6 Å². The molecule has 0 atom stereocenters. The van der Waals surface area contributed by atoms with Crippen molar-refractivity contribution in [3.63, 3.8) is 0 Å². The Morgan fingerprint density at radius 1 is 1.11 bits per heavy atom. The number of benzene rings is 1. The van der Waals surface area contributed by atoms with Gasteiger partial charge in [-0.3, -0.25) is 9.59 Å². The quantitative estimate of drug-likeness (QED) is 0.782. The first kappa shape index (κ1) is 19.5. The summed E-state index contributed by atoms with van der Waals surface area (Å²) in [7, 11) is 2.85. The van der Waals surface area contributed by atoms with Crippen LogP contribution in [0.5, 0.6) is 11.5 Å². The molecule has 2 amide bonds. The smallest absolute Gasteiger partial charge is 0.280 e. The van der Waals surface area contributed by atoms with Crippen LogP contribution in [0.3, 0.4) is 0 Å². The minimum atomic E-state index is -0.455. The van der Waals surface area contributed by atoms with Crippen molar-refractivity contribution in [1.82, 2.24) is 15.0 Å². The number of hydrazine groups is 1. The van der Waals surface area contributed by atoms with Gasteiger partial charge in [0.05, 0.1) is 24.8 Å². The molecule has 1 saturated heterocycles. The van der Waals surface area contributed by atoms with Crippen LogP contribution in [-0.2, 0) is 0 Å². The van der Waals surface area contributed by atoms with Gasteiger partial charge in [-0.2, -0.15) is 5.26 Å². The van der Waals surface area contributed by atoms with E-state index < -0.39 is 5.91 Å². The zero-order valence-corrected chi connectivity index (χ0v) is 16.1. The number of amides is 2.